The molecular formula is C11H15Li. The summed E-state index contributed by atoms with van der Waals surface area (Å²) < 4.78 is 0. The van der Waals surface area contributed by atoms with Gasteiger partial charge < -0.3 is 0 Å². The second kappa shape index (κ2) is 4.08. The van der Waals surface area contributed by atoms with E-state index in [1.807, 2.05) is 6.07 Å². The third kappa shape index (κ3) is 2.63. The molecular weight excluding hydrogens is 139 g/mol. The molecule has 0 bridgehead atoms. The standard InChI is InChI=1S/C11H15.Li/c1-9-7-5-6-8-10(9)11(2,3)4;/h5-8H,1H2,2-4H3;/q-1;+1. The number of hydrogen-bond acceptors (Lipinski definition) is 0. The van der Waals surface area contributed by atoms with Crippen LogP contribution in [0.25, 0.3) is 0 Å². The summed E-state index contributed by atoms with van der Waals surface area (Å²) in [5, 5.41) is 0. The van der Waals surface area contributed by atoms with Crippen LogP contribution < -0.4 is 18.9 Å². The third-order valence-corrected chi connectivity index (χ3v) is 1.83. The molecule has 0 nitrogen and oxygen atoms in total. The summed E-state index contributed by atoms with van der Waals surface area (Å²) in [4.78, 5) is 0. The summed E-state index contributed by atoms with van der Waals surface area (Å²) >= 11 is 0. The van der Waals surface area contributed by atoms with Crippen LogP contribution in [0.2, 0.25) is 0 Å². The predicted molar refractivity (Wildman–Crippen MR) is 49.6 cm³/mol. The third-order valence-electron chi connectivity index (χ3n) is 1.83. The van der Waals surface area contributed by atoms with Crippen molar-refractivity contribution >= 4 is 0 Å². The first-order valence-electron chi connectivity index (χ1n) is 3.93. The first-order valence-corrected chi connectivity index (χ1v) is 3.93. The van der Waals surface area contributed by atoms with Crippen LogP contribution in [0.4, 0.5) is 0 Å². The van der Waals surface area contributed by atoms with Crippen molar-refractivity contribution in [3.8, 4) is 0 Å². The molecule has 12 heavy (non-hydrogen) atoms. The van der Waals surface area contributed by atoms with Crippen molar-refractivity contribution < 1.29 is 18.9 Å². The molecule has 0 aliphatic carbocycles. The Hall–Kier alpha value is -0.313. The zero-order valence-electron chi connectivity index (χ0n) is 8.52. The maximum Gasteiger partial charge on any atom is 1.00 e. The molecule has 0 unspecified atom stereocenters. The normalized spacial score (nSPS) is 10.6. The molecule has 60 valence electrons. The molecule has 0 aliphatic rings. The van der Waals surface area contributed by atoms with Gasteiger partial charge in [0.05, 0.1) is 0 Å². The number of hydrogen-bond donors (Lipinski definition) is 0. The van der Waals surface area contributed by atoms with E-state index in [4.69, 9.17) is 0 Å². The number of benzene rings is 1. The average Bonchev–Trinajstić information content (AvgIpc) is 1.86. The van der Waals surface area contributed by atoms with Gasteiger partial charge in [0, 0.05) is 0 Å². The first kappa shape index (κ1) is 11.7. The molecule has 0 N–H and O–H groups in total. The molecule has 0 amide bonds. The van der Waals surface area contributed by atoms with Crippen LogP contribution in [-0.2, 0) is 5.41 Å². The van der Waals surface area contributed by atoms with E-state index >= 15 is 0 Å². The summed E-state index contributed by atoms with van der Waals surface area (Å²) in [6.07, 6.45) is 0. The smallest absolute Gasteiger partial charge is 0.198 e. The molecule has 0 aromatic heterocycles. The monoisotopic (exact) mass is 154 g/mol. The fourth-order valence-electron chi connectivity index (χ4n) is 1.25. The predicted octanol–water partition coefficient (Wildman–Crippen LogP) is 0.170. The molecule has 0 radical (unpaired) electrons. The van der Waals surface area contributed by atoms with E-state index in [2.05, 4.69) is 45.9 Å². The van der Waals surface area contributed by atoms with Gasteiger partial charge in [0.2, 0.25) is 0 Å². The van der Waals surface area contributed by atoms with Gasteiger partial charge in [-0.1, -0.05) is 32.3 Å². The summed E-state index contributed by atoms with van der Waals surface area (Å²) in [7, 11) is 0. The van der Waals surface area contributed by atoms with Gasteiger partial charge in [-0.2, -0.15) is 18.6 Å². The van der Waals surface area contributed by atoms with E-state index in [0.29, 0.717) is 0 Å². The van der Waals surface area contributed by atoms with E-state index in [1.165, 1.54) is 5.56 Å². The van der Waals surface area contributed by atoms with Gasteiger partial charge in [0.25, 0.3) is 0 Å². The molecule has 0 saturated carbocycles. The number of rotatable bonds is 0. The van der Waals surface area contributed by atoms with Crippen molar-refractivity contribution in [3.05, 3.63) is 42.3 Å². The summed E-state index contributed by atoms with van der Waals surface area (Å²) in [5.41, 5.74) is 2.69. The van der Waals surface area contributed by atoms with E-state index in [9.17, 15) is 0 Å². The Bertz CT molecular complexity index is 245. The Morgan fingerprint density at radius 3 is 1.92 bits per heavy atom. The van der Waals surface area contributed by atoms with Gasteiger partial charge in [-0.15, -0.1) is 17.7 Å². The summed E-state index contributed by atoms with van der Waals surface area (Å²) in [6, 6.07) is 8.29. The van der Waals surface area contributed by atoms with Crippen LogP contribution in [0.5, 0.6) is 0 Å². The molecule has 1 aromatic rings. The Balaban J connectivity index is 0.00000121. The molecule has 0 fully saturated rings. The Kier molecular flexibility index (Phi) is 3.97. The molecule has 0 saturated heterocycles. The van der Waals surface area contributed by atoms with E-state index in [-0.39, 0.29) is 24.3 Å². The Labute approximate surface area is 87.6 Å². The van der Waals surface area contributed by atoms with Crippen LogP contribution in [0.15, 0.2) is 24.3 Å². The fraction of sp³-hybridized carbons (Fsp3) is 0.364. The zero-order valence-corrected chi connectivity index (χ0v) is 8.52. The van der Waals surface area contributed by atoms with Crippen molar-refractivity contribution in [1.29, 1.82) is 0 Å². The molecule has 0 atom stereocenters. The largest absolute Gasteiger partial charge is 1.00 e. The second-order valence-corrected chi connectivity index (χ2v) is 3.91. The van der Waals surface area contributed by atoms with Gasteiger partial charge in [0.15, 0.2) is 0 Å². The molecule has 0 heterocycles. The summed E-state index contributed by atoms with van der Waals surface area (Å²) in [5.74, 6) is 0. The van der Waals surface area contributed by atoms with Crippen LogP contribution in [0, 0.1) is 6.92 Å². The van der Waals surface area contributed by atoms with Gasteiger partial charge in [-0.05, 0) is 0 Å². The fourth-order valence-corrected chi connectivity index (χ4v) is 1.25. The molecule has 1 heteroatoms. The van der Waals surface area contributed by atoms with Crippen molar-refractivity contribution in [1.82, 2.24) is 0 Å². The zero-order chi connectivity index (χ0) is 8.48. The topological polar surface area (TPSA) is 0 Å². The summed E-state index contributed by atoms with van der Waals surface area (Å²) in [6.45, 7) is 10.6. The second-order valence-electron chi connectivity index (χ2n) is 3.91. The molecule has 1 aromatic carbocycles. The van der Waals surface area contributed by atoms with Crippen LogP contribution in [-0.4, -0.2) is 0 Å². The first-order chi connectivity index (χ1) is 5.02. The minimum Gasteiger partial charge on any atom is -0.198 e. The van der Waals surface area contributed by atoms with Crippen molar-refractivity contribution in [3.63, 3.8) is 0 Å². The maximum atomic E-state index is 3.99. The van der Waals surface area contributed by atoms with Crippen molar-refractivity contribution in [2.75, 3.05) is 0 Å². The van der Waals surface area contributed by atoms with E-state index < -0.39 is 0 Å². The van der Waals surface area contributed by atoms with E-state index in [1.54, 1.807) is 0 Å². The minimum absolute atomic E-state index is 0. The van der Waals surface area contributed by atoms with Gasteiger partial charge in [-0.25, -0.2) is 0 Å². The van der Waals surface area contributed by atoms with Crippen molar-refractivity contribution in [2.24, 2.45) is 0 Å². The SMILES string of the molecule is [CH2-]c1ccccc1C(C)(C)C.[Li+]. The van der Waals surface area contributed by atoms with Crippen LogP contribution >= 0.6 is 0 Å². The van der Waals surface area contributed by atoms with Gasteiger partial charge in [0.1, 0.15) is 0 Å². The quantitative estimate of drug-likeness (QED) is 0.369. The average molecular weight is 154 g/mol. The van der Waals surface area contributed by atoms with Crippen LogP contribution in [0.3, 0.4) is 0 Å². The molecule has 0 spiro atoms. The van der Waals surface area contributed by atoms with Gasteiger partial charge in [-0.3, -0.25) is 0 Å². The minimum atomic E-state index is 0. The van der Waals surface area contributed by atoms with E-state index in [0.717, 1.165) is 5.56 Å². The Morgan fingerprint density at radius 1 is 1.08 bits per heavy atom. The van der Waals surface area contributed by atoms with Gasteiger partial charge >= 0.3 is 18.9 Å². The Morgan fingerprint density at radius 2 is 1.58 bits per heavy atom. The molecule has 0 aliphatic heterocycles. The maximum absolute atomic E-state index is 3.99. The van der Waals surface area contributed by atoms with Crippen molar-refractivity contribution in [2.45, 2.75) is 26.2 Å². The van der Waals surface area contributed by atoms with Crippen LogP contribution in [0.1, 0.15) is 31.9 Å². The molecule has 1 rings (SSSR count).